The van der Waals surface area contributed by atoms with Crippen LogP contribution >= 0.6 is 0 Å². The number of morpholine rings is 1. The number of anilines is 1. The third kappa shape index (κ3) is 2.96. The molecule has 0 saturated carbocycles. The number of methoxy groups -OCH3 is 2. The van der Waals surface area contributed by atoms with Crippen molar-refractivity contribution in [3.63, 3.8) is 0 Å². The molecule has 1 aromatic rings. The van der Waals surface area contributed by atoms with Gasteiger partial charge in [-0.3, -0.25) is 4.79 Å². The van der Waals surface area contributed by atoms with Crippen LogP contribution in [-0.2, 0) is 9.53 Å². The molecule has 2 N–H and O–H groups in total. The van der Waals surface area contributed by atoms with Gasteiger partial charge in [-0.05, 0) is 26.0 Å². The van der Waals surface area contributed by atoms with Crippen molar-refractivity contribution >= 4 is 11.6 Å². The Balaban J connectivity index is 2.41. The maximum atomic E-state index is 12.6. The average molecular weight is 294 g/mol. The minimum absolute atomic E-state index is 0.115. The summed E-state index contributed by atoms with van der Waals surface area (Å²) in [5, 5.41) is 0. The highest BCUT2D eigenvalue weighted by Crippen LogP contribution is 2.36. The molecule has 0 aromatic heterocycles. The molecular weight excluding hydrogens is 272 g/mol. The fourth-order valence-electron chi connectivity index (χ4n) is 2.45. The van der Waals surface area contributed by atoms with Gasteiger partial charge < -0.3 is 24.8 Å². The number of carbonyl (C=O) groups is 1. The van der Waals surface area contributed by atoms with Crippen LogP contribution in [0.15, 0.2) is 18.2 Å². The highest BCUT2D eigenvalue weighted by Gasteiger charge is 2.42. The fourth-order valence-corrected chi connectivity index (χ4v) is 2.45. The number of hydrogen-bond donors (Lipinski definition) is 1. The molecule has 1 saturated heterocycles. The van der Waals surface area contributed by atoms with Crippen LogP contribution in [0.3, 0.4) is 0 Å². The van der Waals surface area contributed by atoms with Gasteiger partial charge in [0.1, 0.15) is 17.1 Å². The molecule has 0 radical (unpaired) electrons. The Morgan fingerprint density at radius 2 is 2.10 bits per heavy atom. The molecule has 116 valence electrons. The van der Waals surface area contributed by atoms with E-state index in [4.69, 9.17) is 19.9 Å². The Hall–Kier alpha value is -1.79. The first-order chi connectivity index (χ1) is 9.92. The van der Waals surface area contributed by atoms with Crippen molar-refractivity contribution in [3.8, 4) is 11.5 Å². The van der Waals surface area contributed by atoms with Crippen molar-refractivity contribution in [1.82, 2.24) is 0 Å². The van der Waals surface area contributed by atoms with Crippen LogP contribution in [0, 0.1) is 0 Å². The van der Waals surface area contributed by atoms with E-state index in [2.05, 4.69) is 0 Å². The van der Waals surface area contributed by atoms with Gasteiger partial charge in [0, 0.05) is 12.6 Å². The van der Waals surface area contributed by atoms with E-state index in [9.17, 15) is 4.79 Å². The first kappa shape index (κ1) is 15.6. The number of nitrogens with two attached hydrogens (primary N) is 1. The molecule has 1 amide bonds. The van der Waals surface area contributed by atoms with E-state index in [-0.39, 0.29) is 12.0 Å². The lowest BCUT2D eigenvalue weighted by Crippen LogP contribution is -2.59. The third-order valence-electron chi connectivity index (χ3n) is 3.55. The lowest BCUT2D eigenvalue weighted by Gasteiger charge is -2.41. The molecule has 0 spiro atoms. The molecule has 21 heavy (non-hydrogen) atoms. The standard InChI is InChI=1S/C15H22N2O4/c1-15(2)14(18)17(9-11(8-16)21-15)12-6-5-10(19-3)7-13(12)20-4/h5-7,11H,8-9,16H2,1-4H3. The average Bonchev–Trinajstić information content (AvgIpc) is 2.49. The molecule has 0 bridgehead atoms. The molecule has 6 nitrogen and oxygen atoms in total. The maximum absolute atomic E-state index is 12.6. The molecule has 0 aliphatic carbocycles. The molecular formula is C15H22N2O4. The van der Waals surface area contributed by atoms with Gasteiger partial charge in [0.2, 0.25) is 0 Å². The second-order valence-corrected chi connectivity index (χ2v) is 5.44. The molecule has 1 aliphatic heterocycles. The minimum Gasteiger partial charge on any atom is -0.497 e. The van der Waals surface area contributed by atoms with Gasteiger partial charge in [0.25, 0.3) is 5.91 Å². The smallest absolute Gasteiger partial charge is 0.258 e. The molecule has 1 aromatic carbocycles. The van der Waals surface area contributed by atoms with Crippen LogP contribution in [0.1, 0.15) is 13.8 Å². The number of benzene rings is 1. The molecule has 2 rings (SSSR count). The predicted octanol–water partition coefficient (Wildman–Crippen LogP) is 1.17. The highest BCUT2D eigenvalue weighted by molar-refractivity contribution is 6.01. The van der Waals surface area contributed by atoms with Crippen LogP contribution in [0.5, 0.6) is 11.5 Å². The molecule has 1 unspecified atom stereocenters. The van der Waals surface area contributed by atoms with Crippen LogP contribution in [0.25, 0.3) is 0 Å². The summed E-state index contributed by atoms with van der Waals surface area (Å²) in [6, 6.07) is 5.36. The Kier molecular flexibility index (Phi) is 4.39. The van der Waals surface area contributed by atoms with Gasteiger partial charge in [-0.25, -0.2) is 0 Å². The number of hydrogen-bond acceptors (Lipinski definition) is 5. The van der Waals surface area contributed by atoms with E-state index >= 15 is 0 Å². The van der Waals surface area contributed by atoms with Gasteiger partial charge in [-0.2, -0.15) is 0 Å². The number of rotatable bonds is 4. The highest BCUT2D eigenvalue weighted by atomic mass is 16.5. The lowest BCUT2D eigenvalue weighted by molar-refractivity contribution is -0.153. The van der Waals surface area contributed by atoms with Gasteiger partial charge >= 0.3 is 0 Å². The monoisotopic (exact) mass is 294 g/mol. The summed E-state index contributed by atoms with van der Waals surface area (Å²) in [7, 11) is 3.15. The Labute approximate surface area is 124 Å². The van der Waals surface area contributed by atoms with Crippen molar-refractivity contribution in [2.45, 2.75) is 25.6 Å². The topological polar surface area (TPSA) is 74.0 Å². The lowest BCUT2D eigenvalue weighted by atomic mass is 10.0. The third-order valence-corrected chi connectivity index (χ3v) is 3.55. The van der Waals surface area contributed by atoms with Crippen LogP contribution in [0.4, 0.5) is 5.69 Å². The second kappa shape index (κ2) is 5.91. The van der Waals surface area contributed by atoms with Gasteiger partial charge in [-0.15, -0.1) is 0 Å². The summed E-state index contributed by atoms with van der Waals surface area (Å²) in [5.74, 6) is 1.14. The summed E-state index contributed by atoms with van der Waals surface area (Å²) in [5.41, 5.74) is 5.50. The minimum atomic E-state index is -0.909. The Morgan fingerprint density at radius 3 is 2.67 bits per heavy atom. The van der Waals surface area contributed by atoms with Crippen molar-refractivity contribution in [3.05, 3.63) is 18.2 Å². The zero-order chi connectivity index (χ0) is 15.6. The SMILES string of the molecule is COc1ccc(N2CC(CN)OC(C)(C)C2=O)c(OC)c1. The van der Waals surface area contributed by atoms with E-state index in [0.29, 0.717) is 30.3 Å². The Morgan fingerprint density at radius 1 is 1.38 bits per heavy atom. The fraction of sp³-hybridized carbons (Fsp3) is 0.533. The second-order valence-electron chi connectivity index (χ2n) is 5.44. The van der Waals surface area contributed by atoms with E-state index in [1.165, 1.54) is 0 Å². The van der Waals surface area contributed by atoms with E-state index < -0.39 is 5.60 Å². The zero-order valence-corrected chi connectivity index (χ0v) is 12.9. The summed E-state index contributed by atoms with van der Waals surface area (Å²) in [6.07, 6.45) is -0.204. The number of nitrogens with zero attached hydrogens (tertiary/aromatic N) is 1. The first-order valence-corrected chi connectivity index (χ1v) is 6.84. The van der Waals surface area contributed by atoms with E-state index in [0.717, 1.165) is 0 Å². The van der Waals surface area contributed by atoms with Gasteiger partial charge in [0.15, 0.2) is 0 Å². The van der Waals surface area contributed by atoms with E-state index in [1.54, 1.807) is 45.1 Å². The van der Waals surface area contributed by atoms with Crippen LogP contribution in [-0.4, -0.2) is 44.9 Å². The Bertz CT molecular complexity index is 530. The number of carbonyl (C=O) groups excluding carboxylic acids is 1. The predicted molar refractivity (Wildman–Crippen MR) is 79.9 cm³/mol. The largest absolute Gasteiger partial charge is 0.497 e. The normalized spacial score (nSPS) is 21.3. The number of amides is 1. The molecule has 6 heteroatoms. The van der Waals surface area contributed by atoms with Crippen molar-refractivity contribution in [2.24, 2.45) is 5.73 Å². The molecule has 1 aliphatic rings. The van der Waals surface area contributed by atoms with Gasteiger partial charge in [0.05, 0.1) is 32.6 Å². The summed E-state index contributed by atoms with van der Waals surface area (Å²) in [4.78, 5) is 14.3. The van der Waals surface area contributed by atoms with E-state index in [1.807, 2.05) is 6.07 Å². The quantitative estimate of drug-likeness (QED) is 0.902. The molecule has 1 atom stereocenters. The summed E-state index contributed by atoms with van der Waals surface area (Å²) in [6.45, 7) is 4.26. The molecule has 1 heterocycles. The zero-order valence-electron chi connectivity index (χ0n) is 12.9. The van der Waals surface area contributed by atoms with Crippen LogP contribution in [0.2, 0.25) is 0 Å². The summed E-state index contributed by atoms with van der Waals surface area (Å²) < 4.78 is 16.3. The van der Waals surface area contributed by atoms with Crippen molar-refractivity contribution in [2.75, 3.05) is 32.2 Å². The summed E-state index contributed by atoms with van der Waals surface area (Å²) >= 11 is 0. The first-order valence-electron chi connectivity index (χ1n) is 6.84. The molecule has 1 fully saturated rings. The number of ether oxygens (including phenoxy) is 3. The van der Waals surface area contributed by atoms with Gasteiger partial charge in [-0.1, -0.05) is 0 Å². The maximum Gasteiger partial charge on any atom is 0.258 e. The van der Waals surface area contributed by atoms with Crippen molar-refractivity contribution in [1.29, 1.82) is 0 Å². The van der Waals surface area contributed by atoms with Crippen LogP contribution < -0.4 is 20.1 Å². The van der Waals surface area contributed by atoms with Crippen molar-refractivity contribution < 1.29 is 19.0 Å².